The van der Waals surface area contributed by atoms with Gasteiger partial charge in [-0.1, -0.05) is 12.1 Å². The molecule has 1 saturated heterocycles. The van der Waals surface area contributed by atoms with Crippen molar-refractivity contribution in [2.45, 2.75) is 12.5 Å². The molecule has 0 N–H and O–H groups in total. The summed E-state index contributed by atoms with van der Waals surface area (Å²) in [6.07, 6.45) is 7.71. The number of hydrogen-bond donors (Lipinski definition) is 0. The molecular weight excluding hydrogens is 290 g/mol. The highest BCUT2D eigenvalue weighted by Crippen LogP contribution is 2.26. The molecule has 0 aliphatic carbocycles. The Morgan fingerprint density at radius 2 is 2.17 bits per heavy atom. The first kappa shape index (κ1) is 13.8. The molecule has 3 aromatic rings. The van der Waals surface area contributed by atoms with E-state index in [9.17, 15) is 4.79 Å². The van der Waals surface area contributed by atoms with Crippen molar-refractivity contribution in [3.05, 3.63) is 60.8 Å². The maximum absolute atomic E-state index is 12.3. The smallest absolute Gasteiger partial charge is 0.246 e. The zero-order valence-electron chi connectivity index (χ0n) is 12.6. The number of aromatic nitrogens is 2. The second-order valence-electron chi connectivity index (χ2n) is 5.72. The van der Waals surface area contributed by atoms with E-state index in [1.54, 1.807) is 24.5 Å². The zero-order chi connectivity index (χ0) is 15.6. The number of carbonyl (C=O) groups excluding carboxylic acids is 1. The first-order chi connectivity index (χ1) is 11.3. The summed E-state index contributed by atoms with van der Waals surface area (Å²) >= 11 is 0. The topological polar surface area (TPSA) is 51.3 Å². The van der Waals surface area contributed by atoms with Crippen LogP contribution < -0.4 is 0 Å². The highest BCUT2D eigenvalue weighted by molar-refractivity contribution is 5.91. The summed E-state index contributed by atoms with van der Waals surface area (Å²) in [5.74, 6) is 0.711. The predicted molar refractivity (Wildman–Crippen MR) is 87.7 cm³/mol. The predicted octanol–water partition coefficient (Wildman–Crippen LogP) is 3.12. The minimum atomic E-state index is 0.0216. The van der Waals surface area contributed by atoms with Crippen molar-refractivity contribution in [3.63, 3.8) is 0 Å². The third kappa shape index (κ3) is 2.65. The van der Waals surface area contributed by atoms with Crippen molar-refractivity contribution < 1.29 is 9.21 Å². The molecule has 0 radical (unpaired) electrons. The monoisotopic (exact) mass is 307 g/mol. The minimum absolute atomic E-state index is 0.0216. The lowest BCUT2D eigenvalue weighted by atomic mass is 10.2. The molecule has 5 heteroatoms. The summed E-state index contributed by atoms with van der Waals surface area (Å²) in [5, 5.41) is 0. The van der Waals surface area contributed by atoms with Crippen molar-refractivity contribution in [3.8, 4) is 0 Å². The number of para-hydroxylation sites is 2. The van der Waals surface area contributed by atoms with E-state index in [0.29, 0.717) is 12.3 Å². The van der Waals surface area contributed by atoms with Crippen molar-refractivity contribution in [1.82, 2.24) is 14.5 Å². The molecule has 116 valence electrons. The third-order valence-corrected chi connectivity index (χ3v) is 4.28. The van der Waals surface area contributed by atoms with Gasteiger partial charge in [-0.2, -0.15) is 0 Å². The fourth-order valence-electron chi connectivity index (χ4n) is 3.08. The van der Waals surface area contributed by atoms with Crippen LogP contribution in [0.3, 0.4) is 0 Å². The van der Waals surface area contributed by atoms with Gasteiger partial charge in [0.2, 0.25) is 5.91 Å². The molecule has 1 unspecified atom stereocenters. The number of fused-ring (bicyclic) bond motifs is 1. The Morgan fingerprint density at radius 3 is 3.04 bits per heavy atom. The molecule has 1 fully saturated rings. The molecule has 4 rings (SSSR count). The Bertz CT molecular complexity index is 848. The molecule has 23 heavy (non-hydrogen) atoms. The van der Waals surface area contributed by atoms with Crippen LogP contribution >= 0.6 is 0 Å². The van der Waals surface area contributed by atoms with Crippen LogP contribution in [0.5, 0.6) is 0 Å². The molecule has 3 heterocycles. The fourth-order valence-corrected chi connectivity index (χ4v) is 3.08. The quantitative estimate of drug-likeness (QED) is 0.699. The van der Waals surface area contributed by atoms with Gasteiger partial charge in [0.1, 0.15) is 5.76 Å². The molecule has 0 bridgehead atoms. The summed E-state index contributed by atoms with van der Waals surface area (Å²) in [5.41, 5.74) is 2.12. The Balaban J connectivity index is 1.47. The number of benzene rings is 1. The SMILES string of the molecule is O=C(C=Cc1ccco1)N1CCC(n2cnc3ccccc32)C1. The second-order valence-corrected chi connectivity index (χ2v) is 5.72. The van der Waals surface area contributed by atoms with Gasteiger partial charge in [-0.3, -0.25) is 4.79 Å². The first-order valence-corrected chi connectivity index (χ1v) is 7.73. The Labute approximate surface area is 133 Å². The van der Waals surface area contributed by atoms with Crippen LogP contribution in [0.4, 0.5) is 0 Å². The van der Waals surface area contributed by atoms with Crippen LogP contribution in [0.25, 0.3) is 17.1 Å². The number of amides is 1. The lowest BCUT2D eigenvalue weighted by molar-refractivity contribution is -0.125. The van der Waals surface area contributed by atoms with Gasteiger partial charge >= 0.3 is 0 Å². The van der Waals surface area contributed by atoms with Gasteiger partial charge in [0, 0.05) is 19.2 Å². The van der Waals surface area contributed by atoms with Crippen LogP contribution in [-0.4, -0.2) is 33.4 Å². The summed E-state index contributed by atoms with van der Waals surface area (Å²) in [4.78, 5) is 18.6. The standard InChI is InChI=1S/C18H17N3O2/c22-18(8-7-15-4-3-11-23-15)20-10-9-14(12-20)21-13-19-16-5-1-2-6-17(16)21/h1-8,11,13-14H,9-10,12H2. The molecule has 0 saturated carbocycles. The van der Waals surface area contributed by atoms with Gasteiger partial charge in [0.25, 0.3) is 0 Å². The summed E-state index contributed by atoms with van der Waals surface area (Å²) < 4.78 is 7.38. The summed E-state index contributed by atoms with van der Waals surface area (Å²) in [7, 11) is 0. The number of likely N-dealkylation sites (tertiary alicyclic amines) is 1. The molecule has 2 aromatic heterocycles. The lowest BCUT2D eigenvalue weighted by Crippen LogP contribution is -2.27. The Morgan fingerprint density at radius 1 is 1.26 bits per heavy atom. The number of carbonyl (C=O) groups is 1. The average molecular weight is 307 g/mol. The van der Waals surface area contributed by atoms with Gasteiger partial charge in [-0.15, -0.1) is 0 Å². The van der Waals surface area contributed by atoms with Gasteiger partial charge in [0.05, 0.1) is 29.7 Å². The second kappa shape index (κ2) is 5.76. The minimum Gasteiger partial charge on any atom is -0.465 e. The Kier molecular flexibility index (Phi) is 3.46. The number of rotatable bonds is 3. The summed E-state index contributed by atoms with van der Waals surface area (Å²) in [6, 6.07) is 12.0. The van der Waals surface area contributed by atoms with E-state index in [-0.39, 0.29) is 11.9 Å². The van der Waals surface area contributed by atoms with E-state index in [1.165, 1.54) is 0 Å². The van der Waals surface area contributed by atoms with Gasteiger partial charge in [-0.05, 0) is 36.8 Å². The van der Waals surface area contributed by atoms with E-state index in [2.05, 4.69) is 15.6 Å². The van der Waals surface area contributed by atoms with Crippen LogP contribution in [-0.2, 0) is 4.79 Å². The van der Waals surface area contributed by atoms with E-state index in [0.717, 1.165) is 24.0 Å². The Hall–Kier alpha value is -2.82. The van der Waals surface area contributed by atoms with Crippen molar-refractivity contribution in [1.29, 1.82) is 0 Å². The number of hydrogen-bond acceptors (Lipinski definition) is 3. The van der Waals surface area contributed by atoms with Crippen molar-refractivity contribution in [2.75, 3.05) is 13.1 Å². The zero-order valence-corrected chi connectivity index (χ0v) is 12.6. The highest BCUT2D eigenvalue weighted by Gasteiger charge is 2.27. The maximum atomic E-state index is 12.3. The normalized spacial score (nSPS) is 18.3. The highest BCUT2D eigenvalue weighted by atomic mass is 16.3. The third-order valence-electron chi connectivity index (χ3n) is 4.28. The van der Waals surface area contributed by atoms with Crippen LogP contribution in [0.2, 0.25) is 0 Å². The van der Waals surface area contributed by atoms with Crippen LogP contribution in [0.15, 0.2) is 59.5 Å². The van der Waals surface area contributed by atoms with Crippen molar-refractivity contribution in [2.24, 2.45) is 0 Å². The molecule has 0 spiro atoms. The first-order valence-electron chi connectivity index (χ1n) is 7.73. The van der Waals surface area contributed by atoms with Crippen molar-refractivity contribution >= 4 is 23.0 Å². The molecule has 5 nitrogen and oxygen atoms in total. The van der Waals surface area contributed by atoms with E-state index in [1.807, 2.05) is 35.5 Å². The summed E-state index contributed by atoms with van der Waals surface area (Å²) in [6.45, 7) is 1.47. The van der Waals surface area contributed by atoms with E-state index >= 15 is 0 Å². The molecule has 1 aromatic carbocycles. The molecule has 1 atom stereocenters. The largest absolute Gasteiger partial charge is 0.465 e. The number of furan rings is 1. The van der Waals surface area contributed by atoms with Gasteiger partial charge in [0.15, 0.2) is 0 Å². The number of imidazole rings is 1. The maximum Gasteiger partial charge on any atom is 0.246 e. The average Bonchev–Trinajstić information content (AvgIpc) is 3.31. The number of nitrogens with zero attached hydrogens (tertiary/aromatic N) is 3. The van der Waals surface area contributed by atoms with E-state index in [4.69, 9.17) is 4.42 Å². The molecule has 1 aliphatic heterocycles. The fraction of sp³-hybridized carbons (Fsp3) is 0.222. The molecular formula is C18H17N3O2. The molecule has 1 amide bonds. The lowest BCUT2D eigenvalue weighted by Gasteiger charge is -2.15. The molecule has 1 aliphatic rings. The van der Waals surface area contributed by atoms with Crippen LogP contribution in [0.1, 0.15) is 18.2 Å². The van der Waals surface area contributed by atoms with E-state index < -0.39 is 0 Å². The van der Waals surface area contributed by atoms with Gasteiger partial charge in [-0.25, -0.2) is 4.98 Å². The van der Waals surface area contributed by atoms with Gasteiger partial charge < -0.3 is 13.9 Å². The van der Waals surface area contributed by atoms with Crippen LogP contribution in [0, 0.1) is 0 Å².